The molecular weight excluding hydrogens is 757 g/mol. The minimum Gasteiger partial charge on any atom is -0.462 e. The standard InChI is InChI=1S/C55H94O6/c1-4-7-10-13-16-18-20-22-24-26-27-29-30-32-34-36-39-42-45-48-54(57)60-51-52(50-59-53(56)47-44-41-38-15-12-9-6-3)61-55(58)49-46-43-40-37-35-33-31-28-25-23-21-19-17-14-11-8-5-2/h7,10,16,18,22-25,27,29,32,34,52H,4-6,8-9,11-15,17,19-21,26,28,30-31,33,35-51H2,1-3H3/b10-7-,18-16-,24-22-,25-23-,29-27-,34-32-. The van der Waals surface area contributed by atoms with Crippen LogP contribution in [-0.4, -0.2) is 37.2 Å². The average Bonchev–Trinajstić information content (AvgIpc) is 3.26. The Kier molecular flexibility index (Phi) is 46.9. The van der Waals surface area contributed by atoms with Gasteiger partial charge in [-0.3, -0.25) is 14.4 Å². The van der Waals surface area contributed by atoms with Gasteiger partial charge < -0.3 is 14.2 Å². The Morgan fingerprint density at radius 1 is 0.344 bits per heavy atom. The van der Waals surface area contributed by atoms with E-state index in [2.05, 4.69) is 93.7 Å². The molecule has 1 unspecified atom stereocenters. The summed E-state index contributed by atoms with van der Waals surface area (Å²) in [6.45, 7) is 6.44. The molecule has 0 aromatic heterocycles. The number of esters is 3. The number of rotatable bonds is 45. The lowest BCUT2D eigenvalue weighted by Gasteiger charge is -2.18. The van der Waals surface area contributed by atoms with E-state index in [4.69, 9.17) is 14.2 Å². The zero-order valence-corrected chi connectivity index (χ0v) is 39.9. The summed E-state index contributed by atoms with van der Waals surface area (Å²) in [5, 5.41) is 0. The molecule has 0 amide bonds. The van der Waals surface area contributed by atoms with Crippen LogP contribution in [-0.2, 0) is 28.6 Å². The quantitative estimate of drug-likeness (QED) is 0.0263. The van der Waals surface area contributed by atoms with Crippen molar-refractivity contribution < 1.29 is 28.6 Å². The van der Waals surface area contributed by atoms with Crippen molar-refractivity contribution >= 4 is 17.9 Å². The Bertz CT molecular complexity index is 1160. The highest BCUT2D eigenvalue weighted by Gasteiger charge is 2.19. The second-order valence-electron chi connectivity index (χ2n) is 16.7. The van der Waals surface area contributed by atoms with E-state index in [1.807, 2.05) is 0 Å². The van der Waals surface area contributed by atoms with Gasteiger partial charge in [-0.25, -0.2) is 0 Å². The molecule has 0 bridgehead atoms. The molecule has 0 N–H and O–H groups in total. The molecule has 0 fully saturated rings. The highest BCUT2D eigenvalue weighted by Crippen LogP contribution is 2.14. The Balaban J connectivity index is 4.33. The second-order valence-corrected chi connectivity index (χ2v) is 16.7. The van der Waals surface area contributed by atoms with Gasteiger partial charge in [-0.2, -0.15) is 0 Å². The summed E-state index contributed by atoms with van der Waals surface area (Å²) >= 11 is 0. The van der Waals surface area contributed by atoms with Gasteiger partial charge in [-0.15, -0.1) is 0 Å². The van der Waals surface area contributed by atoms with E-state index >= 15 is 0 Å². The van der Waals surface area contributed by atoms with Crippen LogP contribution in [0, 0.1) is 0 Å². The highest BCUT2D eigenvalue weighted by molar-refractivity contribution is 5.71. The van der Waals surface area contributed by atoms with E-state index in [0.717, 1.165) is 96.3 Å². The molecule has 61 heavy (non-hydrogen) atoms. The van der Waals surface area contributed by atoms with Crippen LogP contribution in [0.25, 0.3) is 0 Å². The molecule has 0 aromatic carbocycles. The van der Waals surface area contributed by atoms with Crippen molar-refractivity contribution in [2.45, 2.75) is 245 Å². The largest absolute Gasteiger partial charge is 0.462 e. The van der Waals surface area contributed by atoms with Crippen molar-refractivity contribution in [1.82, 2.24) is 0 Å². The van der Waals surface area contributed by atoms with Gasteiger partial charge in [0.1, 0.15) is 13.2 Å². The molecule has 6 nitrogen and oxygen atoms in total. The van der Waals surface area contributed by atoms with E-state index in [0.29, 0.717) is 19.3 Å². The van der Waals surface area contributed by atoms with E-state index < -0.39 is 6.10 Å². The molecule has 0 aliphatic rings. The first kappa shape index (κ1) is 57.9. The van der Waals surface area contributed by atoms with E-state index in [1.165, 1.54) is 103 Å². The maximum atomic E-state index is 12.8. The molecule has 0 aromatic rings. The van der Waals surface area contributed by atoms with Crippen LogP contribution >= 0.6 is 0 Å². The van der Waals surface area contributed by atoms with Gasteiger partial charge in [0.2, 0.25) is 0 Å². The Morgan fingerprint density at radius 2 is 0.639 bits per heavy atom. The number of allylic oxidation sites excluding steroid dienone is 12. The number of hydrogen-bond acceptors (Lipinski definition) is 6. The molecule has 0 saturated carbocycles. The van der Waals surface area contributed by atoms with Crippen molar-refractivity contribution in [1.29, 1.82) is 0 Å². The van der Waals surface area contributed by atoms with E-state index in [9.17, 15) is 14.4 Å². The molecule has 0 saturated heterocycles. The van der Waals surface area contributed by atoms with Gasteiger partial charge in [-0.1, -0.05) is 203 Å². The van der Waals surface area contributed by atoms with Crippen LogP contribution in [0.5, 0.6) is 0 Å². The van der Waals surface area contributed by atoms with Crippen molar-refractivity contribution in [3.05, 3.63) is 72.9 Å². The third-order valence-corrected chi connectivity index (χ3v) is 10.7. The molecule has 0 aliphatic carbocycles. The van der Waals surface area contributed by atoms with Gasteiger partial charge in [0.05, 0.1) is 0 Å². The lowest BCUT2D eigenvalue weighted by molar-refractivity contribution is -0.167. The fourth-order valence-corrected chi connectivity index (χ4v) is 6.87. The fraction of sp³-hybridized carbons (Fsp3) is 0.727. The first-order chi connectivity index (χ1) is 30.0. The SMILES string of the molecule is CC/C=C\C/C=C\C/C=C\C/C=C\C/C=C\CCCCCC(=O)OCC(COC(=O)CCCCCCCCC)OC(=O)CCCCCCCCC/C=C\CCCCCCCC. The Morgan fingerprint density at radius 3 is 1.03 bits per heavy atom. The number of ether oxygens (including phenoxy) is 3. The van der Waals surface area contributed by atoms with Crippen LogP contribution < -0.4 is 0 Å². The number of carbonyl (C=O) groups is 3. The summed E-state index contributed by atoms with van der Waals surface area (Å²) in [7, 11) is 0. The summed E-state index contributed by atoms with van der Waals surface area (Å²) in [6.07, 6.45) is 61.8. The number of carbonyl (C=O) groups excluding carboxylic acids is 3. The summed E-state index contributed by atoms with van der Waals surface area (Å²) in [4.78, 5) is 37.8. The maximum absolute atomic E-state index is 12.8. The van der Waals surface area contributed by atoms with Gasteiger partial charge in [0, 0.05) is 19.3 Å². The van der Waals surface area contributed by atoms with Crippen molar-refractivity contribution in [3.8, 4) is 0 Å². The van der Waals surface area contributed by atoms with Gasteiger partial charge >= 0.3 is 17.9 Å². The summed E-state index contributed by atoms with van der Waals surface area (Å²) in [5.74, 6) is -0.931. The van der Waals surface area contributed by atoms with Gasteiger partial charge in [0.25, 0.3) is 0 Å². The average molecular weight is 851 g/mol. The smallest absolute Gasteiger partial charge is 0.306 e. The molecular formula is C55H94O6. The Labute approximate surface area is 376 Å². The summed E-state index contributed by atoms with van der Waals surface area (Å²) in [6, 6.07) is 0. The van der Waals surface area contributed by atoms with Gasteiger partial charge in [-0.05, 0) is 89.9 Å². The fourth-order valence-electron chi connectivity index (χ4n) is 6.87. The molecule has 6 heteroatoms. The summed E-state index contributed by atoms with van der Waals surface area (Å²) < 4.78 is 16.7. The number of unbranched alkanes of at least 4 members (excludes halogenated alkanes) is 22. The minimum absolute atomic E-state index is 0.0875. The second kappa shape index (κ2) is 49.5. The van der Waals surface area contributed by atoms with Crippen molar-refractivity contribution in [2.75, 3.05) is 13.2 Å². The lowest BCUT2D eigenvalue weighted by atomic mass is 10.1. The zero-order valence-electron chi connectivity index (χ0n) is 39.9. The summed E-state index contributed by atoms with van der Waals surface area (Å²) in [5.41, 5.74) is 0. The first-order valence-corrected chi connectivity index (χ1v) is 25.4. The monoisotopic (exact) mass is 851 g/mol. The molecule has 0 aliphatic heterocycles. The predicted molar refractivity (Wildman–Crippen MR) is 261 cm³/mol. The minimum atomic E-state index is -0.787. The van der Waals surface area contributed by atoms with Crippen LogP contribution in [0.4, 0.5) is 0 Å². The first-order valence-electron chi connectivity index (χ1n) is 25.4. The normalized spacial score (nSPS) is 12.6. The van der Waals surface area contributed by atoms with Crippen molar-refractivity contribution in [3.63, 3.8) is 0 Å². The van der Waals surface area contributed by atoms with E-state index in [-0.39, 0.29) is 31.1 Å². The maximum Gasteiger partial charge on any atom is 0.306 e. The Hall–Kier alpha value is -3.15. The third-order valence-electron chi connectivity index (χ3n) is 10.7. The topological polar surface area (TPSA) is 78.9 Å². The predicted octanol–water partition coefficient (Wildman–Crippen LogP) is 16.6. The van der Waals surface area contributed by atoms with Crippen LogP contribution in [0.1, 0.15) is 239 Å². The molecule has 0 rings (SSSR count). The number of hydrogen-bond donors (Lipinski definition) is 0. The van der Waals surface area contributed by atoms with Crippen LogP contribution in [0.3, 0.4) is 0 Å². The molecule has 1 atom stereocenters. The lowest BCUT2D eigenvalue weighted by Crippen LogP contribution is -2.30. The van der Waals surface area contributed by atoms with Crippen LogP contribution in [0.2, 0.25) is 0 Å². The van der Waals surface area contributed by atoms with E-state index in [1.54, 1.807) is 0 Å². The van der Waals surface area contributed by atoms with Crippen LogP contribution in [0.15, 0.2) is 72.9 Å². The third kappa shape index (κ3) is 47.7. The highest BCUT2D eigenvalue weighted by atomic mass is 16.6. The molecule has 350 valence electrons. The molecule has 0 radical (unpaired) electrons. The van der Waals surface area contributed by atoms with Gasteiger partial charge in [0.15, 0.2) is 6.10 Å². The van der Waals surface area contributed by atoms with Crippen molar-refractivity contribution in [2.24, 2.45) is 0 Å². The molecule has 0 heterocycles. The molecule has 0 spiro atoms. The zero-order chi connectivity index (χ0) is 44.4.